The molecular formula is C11H19NOS. The minimum absolute atomic E-state index is 0.0801. The molecule has 3 fully saturated rings. The van der Waals surface area contributed by atoms with Gasteiger partial charge in [-0.05, 0) is 43.1 Å². The van der Waals surface area contributed by atoms with Crippen LogP contribution in [0.4, 0.5) is 0 Å². The van der Waals surface area contributed by atoms with Crippen LogP contribution in [-0.4, -0.2) is 29.9 Å². The Morgan fingerprint density at radius 2 is 2.07 bits per heavy atom. The van der Waals surface area contributed by atoms with E-state index in [0.29, 0.717) is 6.10 Å². The highest BCUT2D eigenvalue weighted by Gasteiger charge is 2.43. The van der Waals surface area contributed by atoms with Crippen LogP contribution < -0.4 is 5.32 Å². The topological polar surface area (TPSA) is 21.3 Å². The number of ether oxygens (including phenoxy) is 1. The maximum absolute atomic E-state index is 6.31. The first-order valence-electron chi connectivity index (χ1n) is 5.89. The summed E-state index contributed by atoms with van der Waals surface area (Å²) in [6, 6.07) is 0. The molecule has 0 radical (unpaired) electrons. The molecule has 0 bridgehead atoms. The molecule has 3 rings (SSSR count). The van der Waals surface area contributed by atoms with Crippen LogP contribution in [0, 0.1) is 5.92 Å². The minimum Gasteiger partial charge on any atom is -0.357 e. The Morgan fingerprint density at radius 1 is 1.21 bits per heavy atom. The molecule has 0 aromatic carbocycles. The van der Waals surface area contributed by atoms with Gasteiger partial charge in [-0.25, -0.2) is 0 Å². The van der Waals surface area contributed by atoms with Gasteiger partial charge in [0.25, 0.3) is 0 Å². The van der Waals surface area contributed by atoms with Crippen LogP contribution >= 0.6 is 11.8 Å². The molecule has 1 spiro atoms. The number of nitrogens with one attached hydrogen (secondary N) is 1. The monoisotopic (exact) mass is 213 g/mol. The summed E-state index contributed by atoms with van der Waals surface area (Å²) in [5, 5.41) is 3.67. The van der Waals surface area contributed by atoms with Gasteiger partial charge >= 0.3 is 0 Å². The molecule has 3 heteroatoms. The Bertz CT molecular complexity index is 215. The third kappa shape index (κ3) is 1.59. The molecule has 1 aliphatic carbocycles. The summed E-state index contributed by atoms with van der Waals surface area (Å²) < 4.78 is 6.31. The first-order chi connectivity index (χ1) is 6.88. The predicted molar refractivity (Wildman–Crippen MR) is 59.5 cm³/mol. The number of fused-ring (bicyclic) bond motifs is 1. The number of hydrogen-bond donors (Lipinski definition) is 1. The molecule has 2 nitrogen and oxygen atoms in total. The van der Waals surface area contributed by atoms with E-state index in [4.69, 9.17) is 4.74 Å². The van der Waals surface area contributed by atoms with Crippen molar-refractivity contribution in [3.63, 3.8) is 0 Å². The summed E-state index contributed by atoms with van der Waals surface area (Å²) in [7, 11) is 0. The van der Waals surface area contributed by atoms with E-state index in [2.05, 4.69) is 17.1 Å². The van der Waals surface area contributed by atoms with Crippen LogP contribution in [0.15, 0.2) is 0 Å². The van der Waals surface area contributed by atoms with Gasteiger partial charge in [0.1, 0.15) is 5.72 Å². The fourth-order valence-electron chi connectivity index (χ4n) is 3.04. The lowest BCUT2D eigenvalue weighted by Crippen LogP contribution is -2.58. The second kappa shape index (κ2) is 3.69. The van der Waals surface area contributed by atoms with E-state index in [1.54, 1.807) is 0 Å². The van der Waals surface area contributed by atoms with Gasteiger partial charge in [-0.3, -0.25) is 5.32 Å². The summed E-state index contributed by atoms with van der Waals surface area (Å²) >= 11 is 2.07. The van der Waals surface area contributed by atoms with Gasteiger partial charge in [0.05, 0.1) is 6.10 Å². The largest absolute Gasteiger partial charge is 0.357 e. The quantitative estimate of drug-likeness (QED) is 0.665. The molecule has 14 heavy (non-hydrogen) atoms. The fraction of sp³-hybridized carbons (Fsp3) is 1.00. The van der Waals surface area contributed by atoms with Crippen LogP contribution in [0.1, 0.15) is 32.1 Å². The molecule has 0 amide bonds. The molecule has 1 saturated carbocycles. The van der Waals surface area contributed by atoms with Crippen molar-refractivity contribution in [3.8, 4) is 0 Å². The molecule has 2 saturated heterocycles. The van der Waals surface area contributed by atoms with E-state index in [9.17, 15) is 0 Å². The zero-order valence-corrected chi connectivity index (χ0v) is 9.44. The Morgan fingerprint density at radius 3 is 2.93 bits per heavy atom. The average Bonchev–Trinajstić information content (AvgIpc) is 2.66. The summed E-state index contributed by atoms with van der Waals surface area (Å²) in [5.74, 6) is 3.35. The van der Waals surface area contributed by atoms with Crippen LogP contribution in [0.25, 0.3) is 0 Å². The van der Waals surface area contributed by atoms with Crippen molar-refractivity contribution >= 4 is 11.8 Å². The van der Waals surface area contributed by atoms with Gasteiger partial charge in [0.2, 0.25) is 0 Å². The van der Waals surface area contributed by atoms with Gasteiger partial charge in [-0.15, -0.1) is 0 Å². The Hall–Kier alpha value is 0.270. The molecule has 0 aromatic heterocycles. The molecule has 2 heterocycles. The lowest BCUT2D eigenvalue weighted by Gasteiger charge is -2.45. The minimum atomic E-state index is 0.0801. The van der Waals surface area contributed by atoms with Crippen molar-refractivity contribution in [1.29, 1.82) is 0 Å². The van der Waals surface area contributed by atoms with Crippen molar-refractivity contribution in [2.75, 3.05) is 18.1 Å². The van der Waals surface area contributed by atoms with Crippen LogP contribution in [0.3, 0.4) is 0 Å². The number of hydrogen-bond acceptors (Lipinski definition) is 3. The summed E-state index contributed by atoms with van der Waals surface area (Å²) in [4.78, 5) is 0. The molecule has 80 valence electrons. The Balaban J connectivity index is 1.70. The van der Waals surface area contributed by atoms with Gasteiger partial charge in [0.15, 0.2) is 0 Å². The molecule has 2 aliphatic heterocycles. The first kappa shape index (κ1) is 9.49. The van der Waals surface area contributed by atoms with Gasteiger partial charge in [-0.1, -0.05) is 6.42 Å². The molecule has 1 N–H and O–H groups in total. The maximum atomic E-state index is 6.31. The second-order valence-electron chi connectivity index (χ2n) is 4.83. The zero-order valence-electron chi connectivity index (χ0n) is 8.63. The average molecular weight is 213 g/mol. The van der Waals surface area contributed by atoms with E-state index in [1.807, 2.05) is 0 Å². The van der Waals surface area contributed by atoms with Crippen molar-refractivity contribution in [3.05, 3.63) is 0 Å². The lowest BCUT2D eigenvalue weighted by atomic mass is 9.97. The highest BCUT2D eigenvalue weighted by Crippen LogP contribution is 2.39. The highest BCUT2D eigenvalue weighted by atomic mass is 32.2. The van der Waals surface area contributed by atoms with Crippen LogP contribution in [0.2, 0.25) is 0 Å². The van der Waals surface area contributed by atoms with Gasteiger partial charge < -0.3 is 4.74 Å². The second-order valence-corrected chi connectivity index (χ2v) is 6.06. The number of rotatable bonds is 0. The fourth-order valence-corrected chi connectivity index (χ4v) is 4.19. The van der Waals surface area contributed by atoms with Gasteiger partial charge in [-0.2, -0.15) is 11.8 Å². The van der Waals surface area contributed by atoms with Crippen LogP contribution in [-0.2, 0) is 4.74 Å². The molecule has 2 unspecified atom stereocenters. The smallest absolute Gasteiger partial charge is 0.121 e. The normalized spacial score (nSPS) is 41.1. The standard InChI is InChI=1S/C11H19NOS/c1-2-9-8-12-11(13-10(9)3-1)4-6-14-7-5-11/h9-10,12H,1-8H2. The van der Waals surface area contributed by atoms with Crippen molar-refractivity contribution < 1.29 is 4.74 Å². The van der Waals surface area contributed by atoms with E-state index in [1.165, 1.54) is 50.2 Å². The van der Waals surface area contributed by atoms with E-state index >= 15 is 0 Å². The van der Waals surface area contributed by atoms with Crippen LogP contribution in [0.5, 0.6) is 0 Å². The number of thioether (sulfide) groups is 1. The van der Waals surface area contributed by atoms with E-state index < -0.39 is 0 Å². The van der Waals surface area contributed by atoms with E-state index in [-0.39, 0.29) is 5.72 Å². The van der Waals surface area contributed by atoms with E-state index in [0.717, 1.165) is 5.92 Å². The molecule has 3 aliphatic rings. The zero-order chi connectivity index (χ0) is 9.43. The van der Waals surface area contributed by atoms with Crippen molar-refractivity contribution in [1.82, 2.24) is 5.32 Å². The predicted octanol–water partition coefficient (Wildman–Crippen LogP) is 2.00. The Labute approximate surface area is 90.2 Å². The summed E-state index contributed by atoms with van der Waals surface area (Å²) in [6.45, 7) is 1.20. The first-order valence-corrected chi connectivity index (χ1v) is 7.04. The SMILES string of the molecule is C1CC2CNC3(CCSCC3)OC2C1. The third-order valence-corrected chi connectivity index (χ3v) is 4.94. The molecule has 2 atom stereocenters. The van der Waals surface area contributed by atoms with Crippen molar-refractivity contribution in [2.45, 2.75) is 43.9 Å². The third-order valence-electron chi connectivity index (χ3n) is 3.95. The highest BCUT2D eigenvalue weighted by molar-refractivity contribution is 7.99. The molecular weight excluding hydrogens is 194 g/mol. The lowest BCUT2D eigenvalue weighted by molar-refractivity contribution is -0.160. The summed E-state index contributed by atoms with van der Waals surface area (Å²) in [6.07, 6.45) is 7.06. The van der Waals surface area contributed by atoms with Gasteiger partial charge in [0, 0.05) is 6.54 Å². The molecule has 0 aromatic rings. The Kier molecular flexibility index (Phi) is 2.50. The maximum Gasteiger partial charge on any atom is 0.121 e. The van der Waals surface area contributed by atoms with Crippen molar-refractivity contribution in [2.24, 2.45) is 5.92 Å². The summed E-state index contributed by atoms with van der Waals surface area (Å²) in [5.41, 5.74) is 0.0801.